The lowest BCUT2D eigenvalue weighted by Crippen LogP contribution is -2.71. The van der Waals surface area contributed by atoms with Crippen LogP contribution in [0.1, 0.15) is 73.1 Å². The second-order valence-corrected chi connectivity index (χ2v) is 11.9. The van der Waals surface area contributed by atoms with Gasteiger partial charge in [0.05, 0.1) is 17.2 Å². The molecule has 5 fully saturated rings. The highest BCUT2D eigenvalue weighted by Gasteiger charge is 2.59. The second-order valence-electron chi connectivity index (χ2n) is 11.9. The van der Waals surface area contributed by atoms with E-state index in [0.29, 0.717) is 24.9 Å². The van der Waals surface area contributed by atoms with E-state index >= 15 is 0 Å². The van der Waals surface area contributed by atoms with Crippen molar-refractivity contribution in [2.75, 3.05) is 26.2 Å². The Kier molecular flexibility index (Phi) is 4.71. The first-order chi connectivity index (χ1) is 17.6. The molecule has 1 aromatic heterocycles. The molecule has 37 heavy (non-hydrogen) atoms. The lowest BCUT2D eigenvalue weighted by atomic mass is 9.57. The van der Waals surface area contributed by atoms with Crippen molar-refractivity contribution in [3.8, 4) is 11.8 Å². The van der Waals surface area contributed by atoms with Crippen LogP contribution in [-0.4, -0.2) is 63.3 Å². The first-order valence-corrected chi connectivity index (χ1v) is 12.9. The molecule has 2 saturated heterocycles. The molecule has 0 radical (unpaired) electrons. The topological polar surface area (TPSA) is 98.1 Å². The van der Waals surface area contributed by atoms with E-state index in [9.17, 15) is 18.0 Å². The van der Waals surface area contributed by atoms with E-state index in [0.717, 1.165) is 62.6 Å². The summed E-state index contributed by atoms with van der Waals surface area (Å²) in [6.45, 7) is 2.98. The highest BCUT2D eigenvalue weighted by Crippen LogP contribution is 2.57. The Morgan fingerprint density at radius 3 is 2.30 bits per heavy atom. The third-order valence-corrected chi connectivity index (χ3v) is 8.90. The number of nitrogens with zero attached hydrogens (tertiary/aromatic N) is 5. The molecule has 7 rings (SSSR count). The van der Waals surface area contributed by atoms with Crippen LogP contribution >= 0.6 is 0 Å². The maximum atomic E-state index is 13.0. The van der Waals surface area contributed by atoms with Crippen LogP contribution in [0.15, 0.2) is 18.2 Å². The van der Waals surface area contributed by atoms with Crippen molar-refractivity contribution in [3.05, 3.63) is 41.0 Å². The molecule has 11 heteroatoms. The van der Waals surface area contributed by atoms with Crippen LogP contribution in [0.3, 0.4) is 0 Å². The van der Waals surface area contributed by atoms with Gasteiger partial charge in [0.15, 0.2) is 5.82 Å². The Balaban J connectivity index is 0.856. The Labute approximate surface area is 211 Å². The van der Waals surface area contributed by atoms with Crippen LogP contribution in [0.5, 0.6) is 5.75 Å². The lowest BCUT2D eigenvalue weighted by Gasteiger charge is -2.62. The average molecular weight is 513 g/mol. The Bertz CT molecular complexity index is 1280. The van der Waals surface area contributed by atoms with Crippen LogP contribution in [0, 0.1) is 22.2 Å². The Hall–Kier alpha value is -3.29. The van der Waals surface area contributed by atoms with Gasteiger partial charge < -0.3 is 14.5 Å². The molecule has 0 unspecified atom stereocenters. The molecule has 2 amide bonds. The average Bonchev–Trinajstić information content (AvgIpc) is 3.49. The molecule has 2 aliphatic heterocycles. The number of amides is 2. The number of benzene rings is 1. The van der Waals surface area contributed by atoms with Gasteiger partial charge in [0.1, 0.15) is 17.7 Å². The maximum absolute atomic E-state index is 13.0. The van der Waals surface area contributed by atoms with E-state index in [1.165, 1.54) is 18.9 Å². The second kappa shape index (κ2) is 7.62. The minimum absolute atomic E-state index is 0.0410. The molecule has 2 spiro atoms. The van der Waals surface area contributed by atoms with Gasteiger partial charge in [0.25, 0.3) is 0 Å². The highest BCUT2D eigenvalue weighted by molar-refractivity contribution is 5.77. The normalized spacial score (nSPS) is 24.2. The number of ether oxygens (including phenoxy) is 1. The van der Waals surface area contributed by atoms with Gasteiger partial charge in [-0.05, 0) is 56.7 Å². The summed E-state index contributed by atoms with van der Waals surface area (Å²) in [7, 11) is 0. The van der Waals surface area contributed by atoms with Crippen LogP contribution in [0.25, 0.3) is 0 Å². The predicted octanol–water partition coefficient (Wildman–Crippen LogP) is 4.42. The molecule has 2 aromatic rings. The van der Waals surface area contributed by atoms with Crippen molar-refractivity contribution in [2.45, 2.75) is 62.6 Å². The summed E-state index contributed by atoms with van der Waals surface area (Å²) in [6.07, 6.45) is 1.31. The Morgan fingerprint density at radius 2 is 1.70 bits per heavy atom. The molecule has 1 N–H and O–H groups in total. The van der Waals surface area contributed by atoms with Crippen molar-refractivity contribution < 1.29 is 22.7 Å². The standard InChI is InChI=1S/C26H27F3N6O2/c27-26(28,29)20-4-3-18(5-16(20)10-30)37-19-8-25(9-19)13-35(14-25)23(36)34-11-24(12-34)6-17(7-24)22-31-21(32-33-22)15-1-2-15/h3-5,15,17,19H,1-2,6-9,11-14H2,(H,31,32,33). The number of rotatable bonds is 4. The summed E-state index contributed by atoms with van der Waals surface area (Å²) in [5, 5.41) is 16.6. The smallest absolute Gasteiger partial charge is 0.417 e. The fraction of sp³-hybridized carbons (Fsp3) is 0.615. The molecule has 8 nitrogen and oxygen atoms in total. The molecular weight excluding hydrogens is 485 g/mol. The zero-order valence-electron chi connectivity index (χ0n) is 20.2. The van der Waals surface area contributed by atoms with Gasteiger partial charge >= 0.3 is 12.2 Å². The minimum atomic E-state index is -4.57. The van der Waals surface area contributed by atoms with Crippen molar-refractivity contribution in [3.63, 3.8) is 0 Å². The van der Waals surface area contributed by atoms with Gasteiger partial charge in [-0.15, -0.1) is 0 Å². The number of hydrogen-bond donors (Lipinski definition) is 1. The van der Waals surface area contributed by atoms with Gasteiger partial charge in [0, 0.05) is 48.8 Å². The van der Waals surface area contributed by atoms with Gasteiger partial charge in [-0.3, -0.25) is 5.10 Å². The summed E-state index contributed by atoms with van der Waals surface area (Å²) < 4.78 is 44.8. The minimum Gasteiger partial charge on any atom is -0.490 e. The third kappa shape index (κ3) is 3.83. The molecule has 0 atom stereocenters. The Morgan fingerprint density at radius 1 is 1.05 bits per heavy atom. The fourth-order valence-electron chi connectivity index (χ4n) is 6.81. The fourth-order valence-corrected chi connectivity index (χ4v) is 6.81. The van der Waals surface area contributed by atoms with Gasteiger partial charge in [0.2, 0.25) is 0 Å². The number of hydrogen-bond acceptors (Lipinski definition) is 5. The number of halogens is 3. The number of nitrogens with one attached hydrogen (secondary N) is 1. The number of aromatic amines is 1. The largest absolute Gasteiger partial charge is 0.490 e. The number of H-pyrrole nitrogens is 1. The quantitative estimate of drug-likeness (QED) is 0.654. The van der Waals surface area contributed by atoms with E-state index in [4.69, 9.17) is 10.00 Å². The van der Waals surface area contributed by atoms with Gasteiger partial charge in [-0.2, -0.15) is 23.5 Å². The van der Waals surface area contributed by atoms with Crippen molar-refractivity contribution in [2.24, 2.45) is 10.8 Å². The molecule has 0 bridgehead atoms. The van der Waals surface area contributed by atoms with E-state index in [-0.39, 0.29) is 28.7 Å². The molecule has 5 aliphatic rings. The van der Waals surface area contributed by atoms with Crippen LogP contribution in [-0.2, 0) is 6.18 Å². The first kappa shape index (κ1) is 22.9. The number of urea groups is 1. The number of alkyl halides is 3. The lowest BCUT2D eigenvalue weighted by molar-refractivity contribution is -0.137. The molecule has 194 valence electrons. The highest BCUT2D eigenvalue weighted by atomic mass is 19.4. The van der Waals surface area contributed by atoms with Crippen molar-refractivity contribution in [1.82, 2.24) is 25.0 Å². The summed E-state index contributed by atoms with van der Waals surface area (Å²) in [5.41, 5.74) is -1.12. The summed E-state index contributed by atoms with van der Waals surface area (Å²) in [5.74, 6) is 3.21. The molecule has 1 aromatic carbocycles. The number of aromatic nitrogens is 3. The van der Waals surface area contributed by atoms with Crippen molar-refractivity contribution >= 4 is 6.03 Å². The zero-order valence-corrected chi connectivity index (χ0v) is 20.2. The van der Waals surface area contributed by atoms with E-state index in [1.807, 2.05) is 9.80 Å². The zero-order chi connectivity index (χ0) is 25.6. The summed E-state index contributed by atoms with van der Waals surface area (Å²) >= 11 is 0. The summed E-state index contributed by atoms with van der Waals surface area (Å²) in [4.78, 5) is 21.4. The third-order valence-electron chi connectivity index (χ3n) is 8.90. The van der Waals surface area contributed by atoms with Gasteiger partial charge in [-0.1, -0.05) is 0 Å². The van der Waals surface area contributed by atoms with Gasteiger partial charge in [-0.25, -0.2) is 9.78 Å². The maximum Gasteiger partial charge on any atom is 0.417 e. The van der Waals surface area contributed by atoms with Crippen LogP contribution in [0.4, 0.5) is 18.0 Å². The number of likely N-dealkylation sites (tertiary alicyclic amines) is 2. The SMILES string of the molecule is N#Cc1cc(OC2CC3(C2)CN(C(=O)N2CC4(CC(c5n[nH]c(C6CC6)n5)C4)C2)C3)ccc1C(F)(F)F. The monoisotopic (exact) mass is 512 g/mol. The molecule has 3 aliphatic carbocycles. The van der Waals surface area contributed by atoms with Crippen LogP contribution in [0.2, 0.25) is 0 Å². The van der Waals surface area contributed by atoms with Crippen molar-refractivity contribution in [1.29, 1.82) is 5.26 Å². The number of carbonyl (C=O) groups is 1. The van der Waals surface area contributed by atoms with E-state index in [2.05, 4.69) is 15.2 Å². The number of carbonyl (C=O) groups excluding carboxylic acids is 1. The predicted molar refractivity (Wildman–Crippen MR) is 124 cm³/mol. The number of nitriles is 1. The van der Waals surface area contributed by atoms with E-state index in [1.54, 1.807) is 6.07 Å². The first-order valence-electron chi connectivity index (χ1n) is 12.9. The van der Waals surface area contributed by atoms with Crippen LogP contribution < -0.4 is 4.74 Å². The van der Waals surface area contributed by atoms with E-state index < -0.39 is 17.3 Å². The molecular formula is C26H27F3N6O2. The molecule has 3 heterocycles. The molecule has 3 saturated carbocycles. The summed E-state index contributed by atoms with van der Waals surface area (Å²) in [6, 6.07) is 5.02.